The summed E-state index contributed by atoms with van der Waals surface area (Å²) in [6.07, 6.45) is 0.188. The van der Waals surface area contributed by atoms with Gasteiger partial charge in [0, 0.05) is 5.92 Å². The lowest BCUT2D eigenvalue weighted by atomic mass is 9.80. The molecule has 0 spiro atoms. The number of nitriles is 1. The van der Waals surface area contributed by atoms with Gasteiger partial charge < -0.3 is 4.74 Å². The predicted molar refractivity (Wildman–Crippen MR) is 80.6 cm³/mol. The van der Waals surface area contributed by atoms with E-state index in [1.54, 1.807) is 0 Å². The monoisotopic (exact) mass is 279 g/mol. The number of carbonyl (C=O) groups is 1. The van der Waals surface area contributed by atoms with E-state index in [-0.39, 0.29) is 24.2 Å². The fraction of sp³-hybridized carbons (Fsp3) is 0.222. The maximum Gasteiger partial charge on any atom is 0.306 e. The lowest BCUT2D eigenvalue weighted by Gasteiger charge is -2.22. The Morgan fingerprint density at radius 2 is 1.57 bits per heavy atom. The minimum Gasteiger partial charge on any atom is -0.469 e. The van der Waals surface area contributed by atoms with Gasteiger partial charge in [-0.25, -0.2) is 0 Å². The third kappa shape index (κ3) is 3.70. The molecule has 2 unspecified atom stereocenters. The molecule has 0 aliphatic rings. The number of benzene rings is 2. The van der Waals surface area contributed by atoms with Gasteiger partial charge in [-0.2, -0.15) is 5.26 Å². The molecule has 106 valence electrons. The molecule has 21 heavy (non-hydrogen) atoms. The van der Waals surface area contributed by atoms with E-state index in [1.807, 2.05) is 60.7 Å². The molecule has 2 aromatic carbocycles. The highest BCUT2D eigenvalue weighted by Crippen LogP contribution is 2.35. The zero-order valence-electron chi connectivity index (χ0n) is 11.9. The molecule has 2 aromatic rings. The van der Waals surface area contributed by atoms with Gasteiger partial charge in [-0.1, -0.05) is 60.7 Å². The Labute approximate surface area is 124 Å². The molecular formula is C18H17NO2. The molecule has 3 heteroatoms. The Kier molecular flexibility index (Phi) is 5.11. The maximum absolute atomic E-state index is 11.7. The number of hydrogen-bond donors (Lipinski definition) is 0. The van der Waals surface area contributed by atoms with Gasteiger partial charge in [-0.05, 0) is 11.1 Å². The molecule has 0 aliphatic carbocycles. The summed E-state index contributed by atoms with van der Waals surface area (Å²) in [5.74, 6) is -0.904. The first-order chi connectivity index (χ1) is 10.3. The minimum absolute atomic E-state index is 0.188. The van der Waals surface area contributed by atoms with Crippen LogP contribution in [-0.2, 0) is 9.53 Å². The summed E-state index contributed by atoms with van der Waals surface area (Å²) in [5.41, 5.74) is 1.89. The standard InChI is InChI=1S/C18H17NO2/c1-21-18(20)12-16(14-8-4-2-5-9-14)17(13-19)15-10-6-3-7-11-15/h2-11,16-17H,12H2,1H3. The first-order valence-corrected chi connectivity index (χ1v) is 6.82. The highest BCUT2D eigenvalue weighted by molar-refractivity contribution is 5.70. The SMILES string of the molecule is COC(=O)CC(c1ccccc1)C(C#N)c1ccccc1. The number of ether oxygens (including phenoxy) is 1. The third-order valence-corrected chi connectivity index (χ3v) is 3.54. The van der Waals surface area contributed by atoms with E-state index in [2.05, 4.69) is 6.07 Å². The number of hydrogen-bond acceptors (Lipinski definition) is 3. The fourth-order valence-electron chi connectivity index (χ4n) is 2.45. The smallest absolute Gasteiger partial charge is 0.306 e. The summed E-state index contributed by atoms with van der Waals surface area (Å²) in [6, 6.07) is 21.5. The van der Waals surface area contributed by atoms with E-state index < -0.39 is 0 Å². The van der Waals surface area contributed by atoms with Crippen molar-refractivity contribution in [3.8, 4) is 6.07 Å². The maximum atomic E-state index is 11.7. The van der Waals surface area contributed by atoms with Crippen LogP contribution in [0.5, 0.6) is 0 Å². The van der Waals surface area contributed by atoms with Crippen LogP contribution in [0.15, 0.2) is 60.7 Å². The normalized spacial score (nSPS) is 13.0. The summed E-state index contributed by atoms with van der Waals surface area (Å²) < 4.78 is 4.78. The first-order valence-electron chi connectivity index (χ1n) is 6.82. The lowest BCUT2D eigenvalue weighted by Crippen LogP contribution is -2.15. The van der Waals surface area contributed by atoms with Gasteiger partial charge in [-0.15, -0.1) is 0 Å². The van der Waals surface area contributed by atoms with Crippen molar-refractivity contribution in [2.45, 2.75) is 18.3 Å². The molecule has 0 saturated heterocycles. The number of nitrogens with zero attached hydrogens (tertiary/aromatic N) is 1. The van der Waals surface area contributed by atoms with Crippen molar-refractivity contribution in [3.63, 3.8) is 0 Å². The van der Waals surface area contributed by atoms with E-state index in [9.17, 15) is 10.1 Å². The van der Waals surface area contributed by atoms with Gasteiger partial charge in [-0.3, -0.25) is 4.79 Å². The van der Waals surface area contributed by atoms with Crippen molar-refractivity contribution in [1.82, 2.24) is 0 Å². The van der Waals surface area contributed by atoms with Crippen LogP contribution >= 0.6 is 0 Å². The van der Waals surface area contributed by atoms with Crippen LogP contribution in [0, 0.1) is 11.3 Å². The van der Waals surface area contributed by atoms with Crippen LogP contribution in [0.1, 0.15) is 29.4 Å². The van der Waals surface area contributed by atoms with Crippen LogP contribution in [0.4, 0.5) is 0 Å². The third-order valence-electron chi connectivity index (χ3n) is 3.54. The Bertz CT molecular complexity index is 617. The van der Waals surface area contributed by atoms with Gasteiger partial charge in [0.1, 0.15) is 0 Å². The lowest BCUT2D eigenvalue weighted by molar-refractivity contribution is -0.141. The molecule has 0 bridgehead atoms. The van der Waals surface area contributed by atoms with Gasteiger partial charge in [0.05, 0.1) is 25.5 Å². The molecule has 0 radical (unpaired) electrons. The van der Waals surface area contributed by atoms with Gasteiger partial charge >= 0.3 is 5.97 Å². The Hall–Kier alpha value is -2.60. The second-order valence-electron chi connectivity index (χ2n) is 4.81. The topological polar surface area (TPSA) is 50.1 Å². The molecule has 2 atom stereocenters. The predicted octanol–water partition coefficient (Wildman–Crippen LogP) is 3.64. The second-order valence-corrected chi connectivity index (χ2v) is 4.81. The molecular weight excluding hydrogens is 262 g/mol. The van der Waals surface area contributed by atoms with E-state index in [1.165, 1.54) is 7.11 Å². The molecule has 0 heterocycles. The zero-order chi connectivity index (χ0) is 15.1. The largest absolute Gasteiger partial charge is 0.469 e. The van der Waals surface area contributed by atoms with Crippen LogP contribution in [0.25, 0.3) is 0 Å². The first kappa shape index (κ1) is 14.8. The van der Waals surface area contributed by atoms with Crippen molar-refractivity contribution < 1.29 is 9.53 Å². The number of methoxy groups -OCH3 is 1. The minimum atomic E-state index is -0.382. The van der Waals surface area contributed by atoms with Gasteiger partial charge in [0.15, 0.2) is 0 Å². The Morgan fingerprint density at radius 1 is 1.05 bits per heavy atom. The average molecular weight is 279 g/mol. The molecule has 0 N–H and O–H groups in total. The number of carbonyl (C=O) groups excluding carboxylic acids is 1. The van der Waals surface area contributed by atoms with Crippen molar-refractivity contribution in [3.05, 3.63) is 71.8 Å². The van der Waals surface area contributed by atoms with Crippen LogP contribution < -0.4 is 0 Å². The zero-order valence-corrected chi connectivity index (χ0v) is 11.9. The van der Waals surface area contributed by atoms with E-state index in [0.29, 0.717) is 0 Å². The van der Waals surface area contributed by atoms with Crippen LogP contribution in [-0.4, -0.2) is 13.1 Å². The summed E-state index contributed by atoms with van der Waals surface area (Å²) >= 11 is 0. The fourth-order valence-corrected chi connectivity index (χ4v) is 2.45. The summed E-state index contributed by atoms with van der Waals surface area (Å²) in [7, 11) is 1.37. The number of rotatable bonds is 5. The van der Waals surface area contributed by atoms with Crippen molar-refractivity contribution in [1.29, 1.82) is 5.26 Å². The van der Waals surface area contributed by atoms with E-state index in [0.717, 1.165) is 11.1 Å². The Balaban J connectivity index is 2.38. The highest BCUT2D eigenvalue weighted by Gasteiger charge is 2.27. The van der Waals surface area contributed by atoms with E-state index in [4.69, 9.17) is 4.74 Å². The average Bonchev–Trinajstić information content (AvgIpc) is 2.56. The molecule has 0 aromatic heterocycles. The molecule has 0 fully saturated rings. The molecule has 3 nitrogen and oxygen atoms in total. The van der Waals surface area contributed by atoms with Crippen molar-refractivity contribution in [2.24, 2.45) is 0 Å². The highest BCUT2D eigenvalue weighted by atomic mass is 16.5. The van der Waals surface area contributed by atoms with Crippen LogP contribution in [0.2, 0.25) is 0 Å². The van der Waals surface area contributed by atoms with Crippen LogP contribution in [0.3, 0.4) is 0 Å². The van der Waals surface area contributed by atoms with Crippen molar-refractivity contribution in [2.75, 3.05) is 7.11 Å². The summed E-state index contributed by atoms with van der Waals surface area (Å²) in [6.45, 7) is 0. The Morgan fingerprint density at radius 3 is 2.05 bits per heavy atom. The van der Waals surface area contributed by atoms with Crippen molar-refractivity contribution >= 4 is 5.97 Å². The summed E-state index contributed by atoms with van der Waals surface area (Å²) in [4.78, 5) is 11.7. The second kappa shape index (κ2) is 7.25. The molecule has 0 aliphatic heterocycles. The molecule has 2 rings (SSSR count). The molecule has 0 amide bonds. The summed E-state index contributed by atoms with van der Waals surface area (Å²) in [5, 5.41) is 9.59. The number of esters is 1. The quantitative estimate of drug-likeness (QED) is 0.785. The van der Waals surface area contributed by atoms with Gasteiger partial charge in [0.25, 0.3) is 0 Å². The molecule has 0 saturated carbocycles. The van der Waals surface area contributed by atoms with Gasteiger partial charge in [0.2, 0.25) is 0 Å². The van der Waals surface area contributed by atoms with E-state index >= 15 is 0 Å².